The number of phenols is 1. The van der Waals surface area contributed by atoms with Crippen molar-refractivity contribution in [3.05, 3.63) is 60.2 Å². The Bertz CT molecular complexity index is 1070. The molecule has 0 aliphatic heterocycles. The summed E-state index contributed by atoms with van der Waals surface area (Å²) in [5.74, 6) is 1.21. The number of para-hydroxylation sites is 2. The van der Waals surface area contributed by atoms with Gasteiger partial charge in [0.25, 0.3) is 0 Å². The van der Waals surface area contributed by atoms with E-state index in [9.17, 15) is 9.90 Å². The van der Waals surface area contributed by atoms with Gasteiger partial charge in [-0.3, -0.25) is 4.79 Å². The number of phenolic OH excluding ortho intramolecular Hbond substituents is 1. The monoisotopic (exact) mass is 432 g/mol. The lowest BCUT2D eigenvalue weighted by Crippen LogP contribution is -2.40. The molecule has 0 unspecified atom stereocenters. The number of fused-ring (bicyclic) bond motifs is 1. The van der Waals surface area contributed by atoms with Crippen molar-refractivity contribution in [2.45, 2.75) is 50.6 Å². The molecule has 0 bridgehead atoms. The van der Waals surface area contributed by atoms with Crippen LogP contribution in [0.1, 0.15) is 37.7 Å². The van der Waals surface area contributed by atoms with E-state index < -0.39 is 0 Å². The van der Waals surface area contributed by atoms with Gasteiger partial charge in [-0.25, -0.2) is 4.98 Å². The summed E-state index contributed by atoms with van der Waals surface area (Å²) in [6, 6.07) is 18.1. The highest BCUT2D eigenvalue weighted by molar-refractivity contribution is 5.93. The van der Waals surface area contributed by atoms with Crippen LogP contribution in [0.3, 0.4) is 0 Å². The molecule has 0 spiro atoms. The van der Waals surface area contributed by atoms with Crippen molar-refractivity contribution in [1.82, 2.24) is 10.3 Å². The lowest BCUT2D eigenvalue weighted by molar-refractivity contribution is -0.122. The van der Waals surface area contributed by atoms with Gasteiger partial charge in [0.1, 0.15) is 11.6 Å². The molecule has 1 saturated carbocycles. The van der Waals surface area contributed by atoms with Crippen molar-refractivity contribution in [2.24, 2.45) is 0 Å². The maximum atomic E-state index is 12.4. The average Bonchev–Trinajstić information content (AvgIpc) is 2.79. The fraction of sp³-hybridized carbons (Fsp3) is 0.385. The van der Waals surface area contributed by atoms with Crippen LogP contribution in [0.5, 0.6) is 5.75 Å². The van der Waals surface area contributed by atoms with Crippen LogP contribution in [-0.4, -0.2) is 42.2 Å². The molecule has 168 valence electrons. The van der Waals surface area contributed by atoms with Crippen molar-refractivity contribution in [3.63, 3.8) is 0 Å². The number of hydrogen-bond acceptors (Lipinski definition) is 5. The second-order valence-corrected chi connectivity index (χ2v) is 8.83. The van der Waals surface area contributed by atoms with Crippen LogP contribution in [0.4, 0.5) is 11.5 Å². The van der Waals surface area contributed by atoms with E-state index in [2.05, 4.69) is 47.8 Å². The van der Waals surface area contributed by atoms with Gasteiger partial charge in [0.2, 0.25) is 5.91 Å². The molecule has 3 aromatic rings. The van der Waals surface area contributed by atoms with Crippen LogP contribution < -0.4 is 15.5 Å². The van der Waals surface area contributed by atoms with E-state index in [-0.39, 0.29) is 17.7 Å². The van der Waals surface area contributed by atoms with E-state index >= 15 is 0 Å². The quantitative estimate of drug-likeness (QED) is 0.513. The summed E-state index contributed by atoms with van der Waals surface area (Å²) in [5, 5.41) is 17.8. The second-order valence-electron chi connectivity index (χ2n) is 8.83. The Kier molecular flexibility index (Phi) is 6.78. The lowest BCUT2D eigenvalue weighted by atomic mass is 9.91. The van der Waals surface area contributed by atoms with E-state index in [1.54, 1.807) is 12.1 Å². The maximum Gasteiger partial charge on any atom is 0.220 e. The summed E-state index contributed by atoms with van der Waals surface area (Å²) in [4.78, 5) is 19.3. The number of anilines is 2. The molecule has 1 amide bonds. The molecule has 0 saturated heterocycles. The minimum atomic E-state index is 0.0523. The van der Waals surface area contributed by atoms with Crippen molar-refractivity contribution < 1.29 is 9.90 Å². The molecular weight excluding hydrogens is 400 g/mol. The predicted molar refractivity (Wildman–Crippen MR) is 130 cm³/mol. The van der Waals surface area contributed by atoms with Gasteiger partial charge in [-0.15, -0.1) is 0 Å². The standard InChI is InChI=1S/C26H32N4O2/c1-30(2)23-17-25(29-22-9-5-4-8-21(22)23)27-19-12-14-20(15-13-19)28-26(32)16-11-18-7-3-6-10-24(18)31/h3-10,17,19-20,31H,11-16H2,1-2H3,(H,27,29)(H,28,32). The molecule has 6 nitrogen and oxygen atoms in total. The Morgan fingerprint density at radius 2 is 1.72 bits per heavy atom. The molecule has 1 heterocycles. The largest absolute Gasteiger partial charge is 0.508 e. The number of nitrogens with one attached hydrogen (secondary N) is 2. The van der Waals surface area contributed by atoms with Gasteiger partial charge in [-0.1, -0.05) is 36.4 Å². The minimum Gasteiger partial charge on any atom is -0.508 e. The van der Waals surface area contributed by atoms with Crippen molar-refractivity contribution in [3.8, 4) is 5.75 Å². The van der Waals surface area contributed by atoms with Crippen molar-refractivity contribution >= 4 is 28.3 Å². The summed E-state index contributed by atoms with van der Waals surface area (Å²) in [6.07, 6.45) is 4.84. The Labute approximate surface area is 189 Å². The van der Waals surface area contributed by atoms with Crippen molar-refractivity contribution in [1.29, 1.82) is 0 Å². The Balaban J connectivity index is 1.29. The number of aromatic hydroxyl groups is 1. The topological polar surface area (TPSA) is 77.5 Å². The molecule has 6 heteroatoms. The number of pyridine rings is 1. The number of carbonyl (C=O) groups is 1. The van der Waals surface area contributed by atoms with Gasteiger partial charge in [0.15, 0.2) is 0 Å². The van der Waals surface area contributed by atoms with Gasteiger partial charge in [-0.2, -0.15) is 0 Å². The first-order valence-corrected chi connectivity index (χ1v) is 11.4. The fourth-order valence-electron chi connectivity index (χ4n) is 4.46. The molecular formula is C26H32N4O2. The fourth-order valence-corrected chi connectivity index (χ4v) is 4.46. The first-order chi connectivity index (χ1) is 15.5. The number of rotatable bonds is 7. The van der Waals surface area contributed by atoms with Gasteiger partial charge in [-0.05, 0) is 49.8 Å². The van der Waals surface area contributed by atoms with Gasteiger partial charge < -0.3 is 20.6 Å². The molecule has 1 aromatic heterocycles. The molecule has 0 atom stereocenters. The molecule has 1 aliphatic rings. The summed E-state index contributed by atoms with van der Waals surface area (Å²) in [6.45, 7) is 0. The molecule has 2 aromatic carbocycles. The van der Waals surface area contributed by atoms with Crippen LogP contribution in [0.25, 0.3) is 10.9 Å². The third-order valence-corrected chi connectivity index (χ3v) is 6.23. The molecule has 0 radical (unpaired) electrons. The first kappa shape index (κ1) is 21.9. The average molecular weight is 433 g/mol. The zero-order valence-corrected chi connectivity index (χ0v) is 18.8. The summed E-state index contributed by atoms with van der Waals surface area (Å²) < 4.78 is 0. The molecule has 1 fully saturated rings. The van der Waals surface area contributed by atoms with E-state index in [0.29, 0.717) is 18.9 Å². The van der Waals surface area contributed by atoms with Crippen LogP contribution in [0.15, 0.2) is 54.6 Å². The highest BCUT2D eigenvalue weighted by atomic mass is 16.3. The number of nitrogens with zero attached hydrogens (tertiary/aromatic N) is 2. The predicted octanol–water partition coefficient (Wildman–Crippen LogP) is 4.48. The summed E-state index contributed by atoms with van der Waals surface area (Å²) in [5.41, 5.74) is 2.96. The number of aryl methyl sites for hydroxylation is 1. The Hall–Kier alpha value is -3.28. The second kappa shape index (κ2) is 9.90. The number of hydrogen-bond donors (Lipinski definition) is 3. The summed E-state index contributed by atoms with van der Waals surface area (Å²) in [7, 11) is 4.11. The van der Waals surface area contributed by atoms with Crippen LogP contribution in [0.2, 0.25) is 0 Å². The van der Waals surface area contributed by atoms with Gasteiger partial charge >= 0.3 is 0 Å². The third-order valence-electron chi connectivity index (χ3n) is 6.23. The van der Waals surface area contributed by atoms with Gasteiger partial charge in [0.05, 0.1) is 5.52 Å². The van der Waals surface area contributed by atoms with E-state index in [4.69, 9.17) is 4.98 Å². The highest BCUT2D eigenvalue weighted by Crippen LogP contribution is 2.29. The highest BCUT2D eigenvalue weighted by Gasteiger charge is 2.23. The zero-order valence-electron chi connectivity index (χ0n) is 18.8. The minimum absolute atomic E-state index is 0.0523. The van der Waals surface area contributed by atoms with E-state index in [0.717, 1.165) is 53.7 Å². The number of benzene rings is 2. The SMILES string of the molecule is CN(C)c1cc(NC2CCC(NC(=O)CCc3ccccc3O)CC2)nc2ccccc12. The molecule has 4 rings (SSSR count). The first-order valence-electron chi connectivity index (χ1n) is 11.4. The smallest absolute Gasteiger partial charge is 0.220 e. The maximum absolute atomic E-state index is 12.4. The Morgan fingerprint density at radius 3 is 2.47 bits per heavy atom. The van der Waals surface area contributed by atoms with E-state index in [1.165, 1.54) is 0 Å². The van der Waals surface area contributed by atoms with Crippen LogP contribution >= 0.6 is 0 Å². The molecule has 32 heavy (non-hydrogen) atoms. The molecule has 1 aliphatic carbocycles. The zero-order chi connectivity index (χ0) is 22.5. The molecule has 3 N–H and O–H groups in total. The Morgan fingerprint density at radius 1 is 1.03 bits per heavy atom. The van der Waals surface area contributed by atoms with Crippen LogP contribution in [-0.2, 0) is 11.2 Å². The van der Waals surface area contributed by atoms with Crippen LogP contribution in [0, 0.1) is 0 Å². The normalized spacial score (nSPS) is 18.3. The van der Waals surface area contributed by atoms with Crippen molar-refractivity contribution in [2.75, 3.05) is 24.3 Å². The number of amides is 1. The lowest BCUT2D eigenvalue weighted by Gasteiger charge is -2.30. The number of carbonyl (C=O) groups excluding carboxylic acids is 1. The third kappa shape index (κ3) is 5.31. The summed E-state index contributed by atoms with van der Waals surface area (Å²) >= 11 is 0. The van der Waals surface area contributed by atoms with Gasteiger partial charge in [0, 0.05) is 49.7 Å². The number of aromatic nitrogens is 1. The van der Waals surface area contributed by atoms with E-state index in [1.807, 2.05) is 24.3 Å².